The van der Waals surface area contributed by atoms with Crippen molar-refractivity contribution in [1.29, 1.82) is 0 Å². The van der Waals surface area contributed by atoms with Crippen molar-refractivity contribution < 1.29 is 14.8 Å². The molecule has 0 saturated heterocycles. The fraction of sp³-hybridized carbons (Fsp3) is 0.125. The summed E-state index contributed by atoms with van der Waals surface area (Å²) >= 11 is 0. The Labute approximate surface area is 79.3 Å². The molecule has 0 fully saturated rings. The van der Waals surface area contributed by atoms with Crippen molar-refractivity contribution in [3.8, 4) is 0 Å². The first kappa shape index (κ1) is 9.97. The van der Waals surface area contributed by atoms with E-state index in [-0.39, 0.29) is 5.56 Å². The van der Waals surface area contributed by atoms with Crippen LogP contribution >= 0.6 is 0 Å². The summed E-state index contributed by atoms with van der Waals surface area (Å²) in [5.74, 6) is -1.31. The summed E-state index contributed by atoms with van der Waals surface area (Å²) in [6, 6.07) is 3.85. The second kappa shape index (κ2) is 3.73. The van der Waals surface area contributed by atoms with Gasteiger partial charge in [-0.15, -0.1) is 0 Å². The first-order valence-electron chi connectivity index (χ1n) is 3.75. The molecule has 14 heavy (non-hydrogen) atoms. The average Bonchev–Trinajstić information content (AvgIpc) is 2.16. The quantitative estimate of drug-likeness (QED) is 0.562. The van der Waals surface area contributed by atoms with E-state index in [4.69, 9.17) is 5.11 Å². The second-order valence-electron chi connectivity index (χ2n) is 2.54. The third-order valence-corrected chi connectivity index (χ3v) is 1.71. The Morgan fingerprint density at radius 3 is 2.64 bits per heavy atom. The summed E-state index contributed by atoms with van der Waals surface area (Å²) in [5.41, 5.74) is -0.222. The van der Waals surface area contributed by atoms with E-state index in [1.807, 2.05) is 0 Å². The van der Waals surface area contributed by atoms with Gasteiger partial charge in [0.2, 0.25) is 0 Å². The molecule has 0 unspecified atom stereocenters. The van der Waals surface area contributed by atoms with Gasteiger partial charge in [-0.1, -0.05) is 0 Å². The summed E-state index contributed by atoms with van der Waals surface area (Å²) in [6.07, 6.45) is 0. The number of nitrogens with zero attached hydrogens (tertiary/aromatic N) is 1. The van der Waals surface area contributed by atoms with Gasteiger partial charge in [-0.25, -0.2) is 4.79 Å². The summed E-state index contributed by atoms with van der Waals surface area (Å²) in [7, 11) is 1.60. The highest BCUT2D eigenvalue weighted by molar-refractivity contribution is 5.93. The Morgan fingerprint density at radius 1 is 1.57 bits per heavy atom. The number of anilines is 1. The first-order chi connectivity index (χ1) is 6.56. The molecule has 6 heteroatoms. The fourth-order valence-electron chi connectivity index (χ4n) is 1.02. The van der Waals surface area contributed by atoms with Crippen LogP contribution in [0.3, 0.4) is 0 Å². The number of hydrogen-bond acceptors (Lipinski definition) is 4. The maximum absolute atomic E-state index is 10.6. The van der Waals surface area contributed by atoms with Crippen LogP contribution in [0, 0.1) is 10.1 Å². The van der Waals surface area contributed by atoms with Crippen LogP contribution in [-0.4, -0.2) is 23.0 Å². The van der Waals surface area contributed by atoms with Crippen LogP contribution < -0.4 is 5.32 Å². The molecule has 1 aromatic rings. The number of carboxylic acids is 1. The van der Waals surface area contributed by atoms with E-state index in [1.54, 1.807) is 7.05 Å². The summed E-state index contributed by atoms with van der Waals surface area (Å²) in [6.45, 7) is 0. The van der Waals surface area contributed by atoms with Crippen LogP contribution in [0.2, 0.25) is 0 Å². The van der Waals surface area contributed by atoms with E-state index >= 15 is 0 Å². The van der Waals surface area contributed by atoms with Gasteiger partial charge in [-0.2, -0.15) is 0 Å². The SMILES string of the molecule is CNc1ccc(C(=O)O)c([N+](=O)[O-])c1. The van der Waals surface area contributed by atoms with Crippen molar-refractivity contribution in [3.05, 3.63) is 33.9 Å². The van der Waals surface area contributed by atoms with Crippen LogP contribution in [0.4, 0.5) is 11.4 Å². The topological polar surface area (TPSA) is 92.5 Å². The Balaban J connectivity index is 3.31. The van der Waals surface area contributed by atoms with E-state index in [0.717, 1.165) is 0 Å². The minimum atomic E-state index is -1.31. The van der Waals surface area contributed by atoms with E-state index in [0.29, 0.717) is 5.69 Å². The molecule has 1 aromatic carbocycles. The minimum Gasteiger partial charge on any atom is -0.477 e. The number of aromatic carboxylic acids is 1. The lowest BCUT2D eigenvalue weighted by molar-refractivity contribution is -0.385. The van der Waals surface area contributed by atoms with Crippen LogP contribution in [0.25, 0.3) is 0 Å². The highest BCUT2D eigenvalue weighted by Gasteiger charge is 2.19. The molecule has 0 aliphatic heterocycles. The van der Waals surface area contributed by atoms with Gasteiger partial charge in [-0.3, -0.25) is 10.1 Å². The zero-order valence-corrected chi connectivity index (χ0v) is 7.35. The predicted molar refractivity (Wildman–Crippen MR) is 49.6 cm³/mol. The zero-order valence-electron chi connectivity index (χ0n) is 7.35. The molecule has 0 spiro atoms. The van der Waals surface area contributed by atoms with Crippen molar-refractivity contribution in [2.75, 3.05) is 12.4 Å². The normalized spacial score (nSPS) is 9.50. The van der Waals surface area contributed by atoms with Crippen LogP contribution in [0.5, 0.6) is 0 Å². The van der Waals surface area contributed by atoms with Gasteiger partial charge in [0.1, 0.15) is 5.56 Å². The molecular weight excluding hydrogens is 188 g/mol. The Bertz CT molecular complexity index is 389. The molecule has 0 saturated carbocycles. The molecule has 1 rings (SSSR count). The standard InChI is InChI=1S/C8H8N2O4/c1-9-5-2-3-6(8(11)12)7(4-5)10(13)14/h2-4,9H,1H3,(H,11,12). The number of carboxylic acid groups (broad SMARTS) is 1. The van der Waals surface area contributed by atoms with Gasteiger partial charge in [0.15, 0.2) is 0 Å². The van der Waals surface area contributed by atoms with Crippen molar-refractivity contribution in [2.45, 2.75) is 0 Å². The average molecular weight is 196 g/mol. The molecule has 0 radical (unpaired) electrons. The monoisotopic (exact) mass is 196 g/mol. The highest BCUT2D eigenvalue weighted by atomic mass is 16.6. The molecule has 0 aliphatic rings. The van der Waals surface area contributed by atoms with Crippen molar-refractivity contribution >= 4 is 17.3 Å². The van der Waals surface area contributed by atoms with E-state index in [9.17, 15) is 14.9 Å². The smallest absolute Gasteiger partial charge is 0.342 e. The number of benzene rings is 1. The van der Waals surface area contributed by atoms with Gasteiger partial charge in [0.25, 0.3) is 5.69 Å². The Hall–Kier alpha value is -2.11. The molecule has 6 nitrogen and oxygen atoms in total. The third-order valence-electron chi connectivity index (χ3n) is 1.71. The molecule has 0 atom stereocenters. The third kappa shape index (κ3) is 1.79. The van der Waals surface area contributed by atoms with E-state index < -0.39 is 16.6 Å². The zero-order chi connectivity index (χ0) is 10.7. The molecule has 0 aromatic heterocycles. The molecule has 74 valence electrons. The summed E-state index contributed by atoms with van der Waals surface area (Å²) in [5, 5.41) is 21.9. The number of carbonyl (C=O) groups is 1. The number of nitrogens with one attached hydrogen (secondary N) is 1. The lowest BCUT2D eigenvalue weighted by Gasteiger charge is -2.01. The lowest BCUT2D eigenvalue weighted by atomic mass is 10.1. The molecule has 0 amide bonds. The van der Waals surface area contributed by atoms with Gasteiger partial charge >= 0.3 is 5.97 Å². The van der Waals surface area contributed by atoms with Gasteiger partial charge < -0.3 is 10.4 Å². The van der Waals surface area contributed by atoms with Gasteiger partial charge in [-0.05, 0) is 12.1 Å². The van der Waals surface area contributed by atoms with E-state index in [2.05, 4.69) is 5.32 Å². The molecule has 0 heterocycles. The molecule has 0 aliphatic carbocycles. The minimum absolute atomic E-state index is 0.311. The van der Waals surface area contributed by atoms with Crippen molar-refractivity contribution in [3.63, 3.8) is 0 Å². The number of rotatable bonds is 3. The van der Waals surface area contributed by atoms with Crippen LogP contribution in [-0.2, 0) is 0 Å². The van der Waals surface area contributed by atoms with E-state index in [1.165, 1.54) is 18.2 Å². The second-order valence-corrected chi connectivity index (χ2v) is 2.54. The Morgan fingerprint density at radius 2 is 2.21 bits per heavy atom. The lowest BCUT2D eigenvalue weighted by Crippen LogP contribution is -2.03. The maximum Gasteiger partial charge on any atom is 0.342 e. The summed E-state index contributed by atoms with van der Waals surface area (Å²) in [4.78, 5) is 20.4. The molecule has 0 bridgehead atoms. The van der Waals surface area contributed by atoms with Crippen molar-refractivity contribution in [2.24, 2.45) is 0 Å². The van der Waals surface area contributed by atoms with Crippen LogP contribution in [0.1, 0.15) is 10.4 Å². The number of nitro benzene ring substituents is 1. The first-order valence-corrected chi connectivity index (χ1v) is 3.75. The Kier molecular flexibility index (Phi) is 2.66. The van der Waals surface area contributed by atoms with Crippen LogP contribution in [0.15, 0.2) is 18.2 Å². The number of hydrogen-bond donors (Lipinski definition) is 2. The highest BCUT2D eigenvalue weighted by Crippen LogP contribution is 2.22. The summed E-state index contributed by atoms with van der Waals surface area (Å²) < 4.78 is 0. The van der Waals surface area contributed by atoms with Gasteiger partial charge in [0, 0.05) is 18.8 Å². The fourth-order valence-corrected chi connectivity index (χ4v) is 1.02. The number of nitro groups is 1. The molecule has 2 N–H and O–H groups in total. The predicted octanol–water partition coefficient (Wildman–Crippen LogP) is 1.33. The van der Waals surface area contributed by atoms with Gasteiger partial charge in [0.05, 0.1) is 4.92 Å². The largest absolute Gasteiger partial charge is 0.477 e. The van der Waals surface area contributed by atoms with Crippen molar-refractivity contribution in [1.82, 2.24) is 0 Å². The maximum atomic E-state index is 10.6. The molecular formula is C8H8N2O4.